The molecule has 0 saturated heterocycles. The van der Waals surface area contributed by atoms with E-state index in [1.807, 2.05) is 0 Å². The fourth-order valence-corrected chi connectivity index (χ4v) is 1.05. The summed E-state index contributed by atoms with van der Waals surface area (Å²) >= 11 is 0. The lowest BCUT2D eigenvalue weighted by atomic mass is 10.2. The Bertz CT molecular complexity index is 376. The lowest BCUT2D eigenvalue weighted by Gasteiger charge is -2.07. The highest BCUT2D eigenvalue weighted by molar-refractivity contribution is 5.92. The van der Waals surface area contributed by atoms with Crippen LogP contribution in [0.5, 0.6) is 0 Å². The second kappa shape index (κ2) is 5.62. The number of aromatic nitrogens is 1. The Morgan fingerprint density at radius 3 is 2.65 bits per heavy atom. The summed E-state index contributed by atoms with van der Waals surface area (Å²) in [4.78, 5) is 14.8. The van der Waals surface area contributed by atoms with Gasteiger partial charge < -0.3 is 10.1 Å². The Kier molecular flexibility index (Phi) is 4.45. The number of alkyl halides is 3. The molecule has 0 aliphatic heterocycles. The zero-order valence-electron chi connectivity index (χ0n) is 9.04. The standard InChI is InChI=1S/C10H11F3N2O2/c1-17-5-4-14-9(16)8-3-2-7(6-15-8)10(11,12)13/h2-3,6H,4-5H2,1H3,(H,14,16). The number of rotatable bonds is 4. The van der Waals surface area contributed by atoms with Crippen LogP contribution in [0.3, 0.4) is 0 Å². The predicted molar refractivity (Wildman–Crippen MR) is 53.4 cm³/mol. The number of amides is 1. The highest BCUT2D eigenvalue weighted by atomic mass is 19.4. The summed E-state index contributed by atoms with van der Waals surface area (Å²) in [6.07, 6.45) is -3.82. The molecule has 0 fully saturated rings. The van der Waals surface area contributed by atoms with E-state index in [0.717, 1.165) is 12.1 Å². The monoisotopic (exact) mass is 248 g/mol. The van der Waals surface area contributed by atoms with Gasteiger partial charge in [-0.1, -0.05) is 0 Å². The van der Waals surface area contributed by atoms with Crippen molar-refractivity contribution in [3.05, 3.63) is 29.6 Å². The molecule has 1 N–H and O–H groups in total. The first kappa shape index (κ1) is 13.4. The first-order chi connectivity index (χ1) is 7.95. The van der Waals surface area contributed by atoms with Crippen LogP contribution >= 0.6 is 0 Å². The average molecular weight is 248 g/mol. The van der Waals surface area contributed by atoms with Crippen molar-refractivity contribution >= 4 is 5.91 Å². The molecule has 1 amide bonds. The van der Waals surface area contributed by atoms with Crippen molar-refractivity contribution < 1.29 is 22.7 Å². The molecule has 0 radical (unpaired) electrons. The maximum atomic E-state index is 12.2. The summed E-state index contributed by atoms with van der Waals surface area (Å²) in [7, 11) is 1.47. The molecule has 0 aliphatic rings. The third kappa shape index (κ3) is 4.03. The van der Waals surface area contributed by atoms with Crippen LogP contribution in [0.1, 0.15) is 16.1 Å². The Morgan fingerprint density at radius 2 is 2.18 bits per heavy atom. The number of hydrogen-bond acceptors (Lipinski definition) is 3. The highest BCUT2D eigenvalue weighted by Crippen LogP contribution is 2.28. The minimum atomic E-state index is -4.45. The van der Waals surface area contributed by atoms with Gasteiger partial charge in [-0.15, -0.1) is 0 Å². The van der Waals surface area contributed by atoms with E-state index in [4.69, 9.17) is 4.74 Å². The summed E-state index contributed by atoms with van der Waals surface area (Å²) in [6.45, 7) is 0.602. The molecular formula is C10H11F3N2O2. The zero-order chi connectivity index (χ0) is 12.9. The van der Waals surface area contributed by atoms with Crippen LogP contribution in [0.4, 0.5) is 13.2 Å². The topological polar surface area (TPSA) is 51.2 Å². The number of nitrogens with zero attached hydrogens (tertiary/aromatic N) is 1. The Labute approximate surface area is 95.8 Å². The van der Waals surface area contributed by atoms with Gasteiger partial charge >= 0.3 is 6.18 Å². The van der Waals surface area contributed by atoms with E-state index in [2.05, 4.69) is 10.3 Å². The number of halogens is 3. The highest BCUT2D eigenvalue weighted by Gasteiger charge is 2.30. The number of nitrogens with one attached hydrogen (secondary N) is 1. The molecule has 0 aromatic carbocycles. The van der Waals surface area contributed by atoms with Crippen LogP contribution in [0, 0.1) is 0 Å². The van der Waals surface area contributed by atoms with E-state index in [1.165, 1.54) is 7.11 Å². The molecule has 0 atom stereocenters. The van der Waals surface area contributed by atoms with Crippen LogP contribution in [-0.4, -0.2) is 31.2 Å². The van der Waals surface area contributed by atoms with E-state index in [1.54, 1.807) is 0 Å². The van der Waals surface area contributed by atoms with Gasteiger partial charge in [-0.2, -0.15) is 13.2 Å². The van der Waals surface area contributed by atoms with Gasteiger partial charge in [0, 0.05) is 19.9 Å². The molecule has 0 saturated carbocycles. The van der Waals surface area contributed by atoms with Gasteiger partial charge in [-0.3, -0.25) is 9.78 Å². The van der Waals surface area contributed by atoms with Gasteiger partial charge in [-0.25, -0.2) is 0 Å². The molecule has 0 spiro atoms. The summed E-state index contributed by atoms with van der Waals surface area (Å²) in [5.41, 5.74) is -0.944. The van der Waals surface area contributed by atoms with E-state index in [9.17, 15) is 18.0 Å². The van der Waals surface area contributed by atoms with Crippen molar-refractivity contribution in [3.63, 3.8) is 0 Å². The average Bonchev–Trinajstić information content (AvgIpc) is 2.28. The number of carbonyl (C=O) groups excluding carboxylic acids is 1. The number of pyridine rings is 1. The molecule has 1 rings (SSSR count). The maximum Gasteiger partial charge on any atom is 0.417 e. The van der Waals surface area contributed by atoms with Crippen LogP contribution in [0.25, 0.3) is 0 Å². The van der Waals surface area contributed by atoms with Crippen LogP contribution in [0.2, 0.25) is 0 Å². The molecule has 0 bridgehead atoms. The molecule has 1 heterocycles. The minimum absolute atomic E-state index is 0.0610. The van der Waals surface area contributed by atoms with E-state index < -0.39 is 17.6 Å². The third-order valence-electron chi connectivity index (χ3n) is 1.92. The molecular weight excluding hydrogens is 237 g/mol. The zero-order valence-corrected chi connectivity index (χ0v) is 9.04. The summed E-state index contributed by atoms with van der Waals surface area (Å²) in [5, 5.41) is 2.45. The third-order valence-corrected chi connectivity index (χ3v) is 1.92. The normalized spacial score (nSPS) is 11.3. The molecule has 1 aromatic rings. The minimum Gasteiger partial charge on any atom is -0.383 e. The van der Waals surface area contributed by atoms with Crippen molar-refractivity contribution in [2.45, 2.75) is 6.18 Å². The maximum absolute atomic E-state index is 12.2. The SMILES string of the molecule is COCCNC(=O)c1ccc(C(F)(F)F)cn1. The fourth-order valence-electron chi connectivity index (χ4n) is 1.05. The van der Waals surface area contributed by atoms with Crippen molar-refractivity contribution in [2.75, 3.05) is 20.3 Å². The molecule has 94 valence electrons. The number of hydrogen-bond donors (Lipinski definition) is 1. The van der Waals surface area contributed by atoms with Crippen molar-refractivity contribution in [3.8, 4) is 0 Å². The number of carbonyl (C=O) groups is 1. The number of methoxy groups -OCH3 is 1. The Balaban J connectivity index is 2.64. The van der Waals surface area contributed by atoms with E-state index in [-0.39, 0.29) is 12.2 Å². The smallest absolute Gasteiger partial charge is 0.383 e. The molecule has 1 aromatic heterocycles. The molecule has 0 unspecified atom stereocenters. The first-order valence-electron chi connectivity index (χ1n) is 4.75. The largest absolute Gasteiger partial charge is 0.417 e. The van der Waals surface area contributed by atoms with Crippen LogP contribution in [0.15, 0.2) is 18.3 Å². The molecule has 7 heteroatoms. The van der Waals surface area contributed by atoms with Gasteiger partial charge in [0.05, 0.1) is 12.2 Å². The molecule has 4 nitrogen and oxygen atoms in total. The fraction of sp³-hybridized carbons (Fsp3) is 0.400. The van der Waals surface area contributed by atoms with Crippen molar-refractivity contribution in [2.24, 2.45) is 0 Å². The van der Waals surface area contributed by atoms with Crippen LogP contribution < -0.4 is 5.32 Å². The van der Waals surface area contributed by atoms with Gasteiger partial charge in [-0.05, 0) is 12.1 Å². The Hall–Kier alpha value is -1.63. The lowest BCUT2D eigenvalue weighted by Crippen LogP contribution is -2.27. The summed E-state index contributed by atoms with van der Waals surface area (Å²) in [5.74, 6) is -0.532. The van der Waals surface area contributed by atoms with E-state index >= 15 is 0 Å². The second-order valence-electron chi connectivity index (χ2n) is 3.18. The quantitative estimate of drug-likeness (QED) is 0.821. The summed E-state index contributed by atoms with van der Waals surface area (Å²) in [6, 6.07) is 1.85. The predicted octanol–water partition coefficient (Wildman–Crippen LogP) is 1.48. The first-order valence-corrected chi connectivity index (χ1v) is 4.75. The molecule has 17 heavy (non-hydrogen) atoms. The van der Waals surface area contributed by atoms with E-state index in [0.29, 0.717) is 12.8 Å². The molecule has 0 aliphatic carbocycles. The van der Waals surface area contributed by atoms with Gasteiger partial charge in [0.25, 0.3) is 5.91 Å². The Morgan fingerprint density at radius 1 is 1.47 bits per heavy atom. The lowest BCUT2D eigenvalue weighted by molar-refractivity contribution is -0.137. The van der Waals surface area contributed by atoms with Crippen molar-refractivity contribution in [1.29, 1.82) is 0 Å². The second-order valence-corrected chi connectivity index (χ2v) is 3.18. The van der Waals surface area contributed by atoms with Crippen LogP contribution in [-0.2, 0) is 10.9 Å². The van der Waals surface area contributed by atoms with Gasteiger partial charge in [0.1, 0.15) is 5.69 Å². The summed E-state index contributed by atoms with van der Waals surface area (Å²) < 4.78 is 41.3. The van der Waals surface area contributed by atoms with Gasteiger partial charge in [0.15, 0.2) is 0 Å². The van der Waals surface area contributed by atoms with Gasteiger partial charge in [0.2, 0.25) is 0 Å². The van der Waals surface area contributed by atoms with Crippen molar-refractivity contribution in [1.82, 2.24) is 10.3 Å². The number of ether oxygens (including phenoxy) is 1.